The highest BCUT2D eigenvalue weighted by molar-refractivity contribution is 5.79. The molecule has 18 heavy (non-hydrogen) atoms. The zero-order valence-electron chi connectivity index (χ0n) is 11.1. The molecular formula is C15H22N2O. The molecule has 0 saturated heterocycles. The first kappa shape index (κ1) is 12.9. The van der Waals surface area contributed by atoms with Gasteiger partial charge in [0.2, 0.25) is 5.91 Å². The van der Waals surface area contributed by atoms with E-state index in [4.69, 9.17) is 5.73 Å². The Morgan fingerprint density at radius 1 is 1.39 bits per heavy atom. The Morgan fingerprint density at radius 2 is 2.11 bits per heavy atom. The van der Waals surface area contributed by atoms with Gasteiger partial charge in [-0.05, 0) is 37.5 Å². The number of nitrogens with zero attached hydrogens (tertiary/aromatic N) is 1. The number of nitrogen functional groups attached to an aromatic ring is 1. The van der Waals surface area contributed by atoms with Gasteiger partial charge in [-0.25, -0.2) is 0 Å². The Kier molecular flexibility index (Phi) is 4.24. The number of likely N-dealkylation sites (N-methyl/N-ethyl adjacent to an activating group) is 1. The highest BCUT2D eigenvalue weighted by Crippen LogP contribution is 2.24. The molecule has 1 saturated carbocycles. The van der Waals surface area contributed by atoms with Crippen LogP contribution in [0, 0.1) is 0 Å². The molecule has 98 valence electrons. The van der Waals surface area contributed by atoms with E-state index in [1.54, 1.807) is 0 Å². The van der Waals surface area contributed by atoms with Crippen LogP contribution in [-0.2, 0) is 11.2 Å². The largest absolute Gasteiger partial charge is 0.399 e. The molecular weight excluding hydrogens is 224 g/mol. The van der Waals surface area contributed by atoms with Gasteiger partial charge in [-0.15, -0.1) is 0 Å². The van der Waals surface area contributed by atoms with Gasteiger partial charge in [-0.1, -0.05) is 25.0 Å². The SMILES string of the molecule is CCN(C(=O)Cc1cccc(N)c1)C1CCCC1. The zero-order valence-corrected chi connectivity index (χ0v) is 11.1. The predicted octanol–water partition coefficient (Wildman–Crippen LogP) is 2.60. The van der Waals surface area contributed by atoms with Crippen molar-refractivity contribution in [1.82, 2.24) is 4.90 Å². The van der Waals surface area contributed by atoms with Gasteiger partial charge in [0.15, 0.2) is 0 Å². The van der Waals surface area contributed by atoms with Crippen LogP contribution in [-0.4, -0.2) is 23.4 Å². The second-order valence-corrected chi connectivity index (χ2v) is 5.04. The monoisotopic (exact) mass is 246 g/mol. The van der Waals surface area contributed by atoms with Crippen LogP contribution in [0.2, 0.25) is 0 Å². The van der Waals surface area contributed by atoms with Crippen molar-refractivity contribution in [2.75, 3.05) is 12.3 Å². The fraction of sp³-hybridized carbons (Fsp3) is 0.533. The maximum Gasteiger partial charge on any atom is 0.227 e. The number of benzene rings is 1. The van der Waals surface area contributed by atoms with Gasteiger partial charge in [0.25, 0.3) is 0 Å². The minimum atomic E-state index is 0.231. The van der Waals surface area contributed by atoms with Crippen LogP contribution in [0.25, 0.3) is 0 Å². The molecule has 0 aliphatic heterocycles. The second kappa shape index (κ2) is 5.89. The van der Waals surface area contributed by atoms with E-state index in [9.17, 15) is 4.79 Å². The standard InChI is InChI=1S/C15H22N2O/c1-2-17(14-8-3-4-9-14)15(18)11-12-6-5-7-13(16)10-12/h5-7,10,14H,2-4,8-9,11,16H2,1H3. The van der Waals surface area contributed by atoms with E-state index in [2.05, 4.69) is 6.92 Å². The highest BCUT2D eigenvalue weighted by Gasteiger charge is 2.25. The summed E-state index contributed by atoms with van der Waals surface area (Å²) < 4.78 is 0. The lowest BCUT2D eigenvalue weighted by Crippen LogP contribution is -2.39. The molecule has 0 aromatic heterocycles. The molecule has 1 aliphatic rings. The highest BCUT2D eigenvalue weighted by atomic mass is 16.2. The topological polar surface area (TPSA) is 46.3 Å². The van der Waals surface area contributed by atoms with E-state index in [1.807, 2.05) is 29.2 Å². The van der Waals surface area contributed by atoms with Gasteiger partial charge in [0, 0.05) is 18.3 Å². The average molecular weight is 246 g/mol. The Hall–Kier alpha value is -1.51. The third kappa shape index (κ3) is 3.03. The van der Waals surface area contributed by atoms with Crippen molar-refractivity contribution in [2.24, 2.45) is 0 Å². The summed E-state index contributed by atoms with van der Waals surface area (Å²) in [6.07, 6.45) is 5.31. The molecule has 0 heterocycles. The maximum atomic E-state index is 12.3. The molecule has 2 N–H and O–H groups in total. The molecule has 1 amide bonds. The average Bonchev–Trinajstić information content (AvgIpc) is 2.83. The summed E-state index contributed by atoms with van der Waals surface area (Å²) in [6.45, 7) is 2.88. The van der Waals surface area contributed by atoms with Crippen LogP contribution < -0.4 is 5.73 Å². The van der Waals surface area contributed by atoms with Crippen LogP contribution in [0.3, 0.4) is 0 Å². The number of hydrogen-bond acceptors (Lipinski definition) is 2. The van der Waals surface area contributed by atoms with Gasteiger partial charge < -0.3 is 10.6 Å². The fourth-order valence-corrected chi connectivity index (χ4v) is 2.83. The first-order chi connectivity index (χ1) is 8.70. The number of carbonyl (C=O) groups is 1. The molecule has 0 unspecified atom stereocenters. The van der Waals surface area contributed by atoms with E-state index >= 15 is 0 Å². The van der Waals surface area contributed by atoms with Crippen LogP contribution in [0.15, 0.2) is 24.3 Å². The second-order valence-electron chi connectivity index (χ2n) is 5.04. The lowest BCUT2D eigenvalue weighted by molar-refractivity contribution is -0.132. The molecule has 0 atom stereocenters. The summed E-state index contributed by atoms with van der Waals surface area (Å²) in [5.74, 6) is 0.231. The quantitative estimate of drug-likeness (QED) is 0.830. The molecule has 1 aromatic carbocycles. The Balaban J connectivity index is 2.01. The van der Waals surface area contributed by atoms with Gasteiger partial charge in [-0.2, -0.15) is 0 Å². The Labute approximate surface area is 109 Å². The zero-order chi connectivity index (χ0) is 13.0. The summed E-state index contributed by atoms with van der Waals surface area (Å²) in [7, 11) is 0. The third-order valence-corrected chi connectivity index (χ3v) is 3.73. The van der Waals surface area contributed by atoms with Crippen LogP contribution in [0.1, 0.15) is 38.2 Å². The molecule has 0 spiro atoms. The molecule has 1 aliphatic carbocycles. The third-order valence-electron chi connectivity index (χ3n) is 3.73. The summed E-state index contributed by atoms with van der Waals surface area (Å²) in [6, 6.07) is 8.08. The lowest BCUT2D eigenvalue weighted by Gasteiger charge is -2.27. The summed E-state index contributed by atoms with van der Waals surface area (Å²) in [4.78, 5) is 14.4. The predicted molar refractivity (Wildman–Crippen MR) is 74.2 cm³/mol. The van der Waals surface area contributed by atoms with Crippen LogP contribution in [0.5, 0.6) is 0 Å². The van der Waals surface area contributed by atoms with Crippen molar-refractivity contribution in [2.45, 2.75) is 45.1 Å². The normalized spacial score (nSPS) is 15.8. The summed E-state index contributed by atoms with van der Waals surface area (Å²) in [5.41, 5.74) is 7.48. The van der Waals surface area contributed by atoms with Gasteiger partial charge in [-0.3, -0.25) is 4.79 Å². The van der Waals surface area contributed by atoms with E-state index in [-0.39, 0.29) is 5.91 Å². The molecule has 2 rings (SSSR count). The Bertz CT molecular complexity index is 411. The van der Waals surface area contributed by atoms with E-state index in [1.165, 1.54) is 12.8 Å². The van der Waals surface area contributed by atoms with Crippen molar-refractivity contribution < 1.29 is 4.79 Å². The smallest absolute Gasteiger partial charge is 0.227 e. The van der Waals surface area contributed by atoms with E-state index < -0.39 is 0 Å². The molecule has 0 bridgehead atoms. The number of hydrogen-bond donors (Lipinski definition) is 1. The van der Waals surface area contributed by atoms with Crippen LogP contribution in [0.4, 0.5) is 5.69 Å². The molecule has 0 radical (unpaired) electrons. The molecule has 3 nitrogen and oxygen atoms in total. The summed E-state index contributed by atoms with van der Waals surface area (Å²) >= 11 is 0. The first-order valence-corrected chi connectivity index (χ1v) is 6.84. The maximum absolute atomic E-state index is 12.3. The minimum Gasteiger partial charge on any atom is -0.399 e. The van der Waals surface area contributed by atoms with Gasteiger partial charge in [0.05, 0.1) is 6.42 Å². The van der Waals surface area contributed by atoms with Crippen LogP contribution >= 0.6 is 0 Å². The number of rotatable bonds is 4. The number of anilines is 1. The van der Waals surface area contributed by atoms with Crippen molar-refractivity contribution in [3.63, 3.8) is 0 Å². The van der Waals surface area contributed by atoms with Gasteiger partial charge >= 0.3 is 0 Å². The van der Waals surface area contributed by atoms with Gasteiger partial charge in [0.1, 0.15) is 0 Å². The number of carbonyl (C=O) groups excluding carboxylic acids is 1. The number of amides is 1. The molecule has 1 fully saturated rings. The fourth-order valence-electron chi connectivity index (χ4n) is 2.83. The first-order valence-electron chi connectivity index (χ1n) is 6.84. The lowest BCUT2D eigenvalue weighted by atomic mass is 10.1. The summed E-state index contributed by atoms with van der Waals surface area (Å²) in [5, 5.41) is 0. The van der Waals surface area contributed by atoms with Crippen molar-refractivity contribution in [3.05, 3.63) is 29.8 Å². The van der Waals surface area contributed by atoms with Crippen molar-refractivity contribution in [3.8, 4) is 0 Å². The minimum absolute atomic E-state index is 0.231. The molecule has 3 heteroatoms. The Morgan fingerprint density at radius 3 is 2.72 bits per heavy atom. The van der Waals surface area contributed by atoms with E-state index in [0.29, 0.717) is 12.5 Å². The van der Waals surface area contributed by atoms with E-state index in [0.717, 1.165) is 30.6 Å². The number of nitrogens with two attached hydrogens (primary N) is 1. The van der Waals surface area contributed by atoms with Crippen molar-refractivity contribution >= 4 is 11.6 Å². The van der Waals surface area contributed by atoms with Crippen molar-refractivity contribution in [1.29, 1.82) is 0 Å². The molecule has 1 aromatic rings.